The Morgan fingerprint density at radius 3 is 2.54 bits per heavy atom. The van der Waals surface area contributed by atoms with Crippen LogP contribution in [0.4, 0.5) is 0 Å². The van der Waals surface area contributed by atoms with Crippen molar-refractivity contribution in [3.63, 3.8) is 0 Å². The summed E-state index contributed by atoms with van der Waals surface area (Å²) < 4.78 is 0. The second-order valence-corrected chi connectivity index (χ2v) is 7.19. The highest BCUT2D eigenvalue weighted by atomic mass is 35.5. The van der Waals surface area contributed by atoms with Crippen molar-refractivity contribution in [2.75, 3.05) is 19.6 Å². The maximum Gasteiger partial charge on any atom is 0.224 e. The predicted molar refractivity (Wildman–Crippen MR) is 103 cm³/mol. The Balaban J connectivity index is 1.41. The quantitative estimate of drug-likeness (QED) is 0.814. The zero-order chi connectivity index (χ0) is 18.4. The number of nitrogens with one attached hydrogen (secondary N) is 1. The van der Waals surface area contributed by atoms with Gasteiger partial charge in [-0.05, 0) is 29.7 Å². The lowest BCUT2D eigenvalue weighted by Crippen LogP contribution is -2.32. The minimum absolute atomic E-state index is 0.0255. The van der Waals surface area contributed by atoms with Gasteiger partial charge in [0.15, 0.2) is 0 Å². The molecule has 1 aliphatic rings. The highest BCUT2D eigenvalue weighted by Gasteiger charge is 2.29. The van der Waals surface area contributed by atoms with E-state index in [1.807, 2.05) is 35.2 Å². The van der Waals surface area contributed by atoms with Gasteiger partial charge in [-0.15, -0.1) is 0 Å². The monoisotopic (exact) mass is 370 g/mol. The third kappa shape index (κ3) is 5.33. The molecule has 0 aromatic heterocycles. The third-order valence-electron chi connectivity index (χ3n) is 4.67. The molecule has 0 spiro atoms. The number of rotatable bonds is 7. The van der Waals surface area contributed by atoms with E-state index in [1.54, 1.807) is 12.1 Å². The van der Waals surface area contributed by atoms with Gasteiger partial charge in [0, 0.05) is 37.0 Å². The summed E-state index contributed by atoms with van der Waals surface area (Å²) in [4.78, 5) is 26.2. The fraction of sp³-hybridized carbons (Fsp3) is 0.333. The summed E-state index contributed by atoms with van der Waals surface area (Å²) >= 11 is 5.85. The first kappa shape index (κ1) is 18.5. The van der Waals surface area contributed by atoms with E-state index < -0.39 is 0 Å². The average molecular weight is 371 g/mol. The number of amides is 2. The Morgan fingerprint density at radius 1 is 1.08 bits per heavy atom. The van der Waals surface area contributed by atoms with E-state index in [4.69, 9.17) is 11.6 Å². The number of carbonyl (C=O) groups is 2. The highest BCUT2D eigenvalue weighted by Crippen LogP contribution is 2.18. The van der Waals surface area contributed by atoms with E-state index in [1.165, 1.54) is 5.56 Å². The minimum Gasteiger partial charge on any atom is -0.355 e. The molecule has 1 saturated heterocycles. The van der Waals surface area contributed by atoms with Crippen LogP contribution in [0.2, 0.25) is 5.02 Å². The number of carbonyl (C=O) groups excluding carboxylic acids is 2. The van der Waals surface area contributed by atoms with Crippen LogP contribution in [-0.4, -0.2) is 36.3 Å². The van der Waals surface area contributed by atoms with Crippen molar-refractivity contribution in [3.05, 3.63) is 70.7 Å². The van der Waals surface area contributed by atoms with Crippen LogP contribution < -0.4 is 5.32 Å². The van der Waals surface area contributed by atoms with Gasteiger partial charge in [-0.1, -0.05) is 54.1 Å². The van der Waals surface area contributed by atoms with E-state index in [-0.39, 0.29) is 17.7 Å². The number of nitrogens with zero attached hydrogens (tertiary/aromatic N) is 1. The number of likely N-dealkylation sites (tertiary alicyclic amines) is 1. The molecule has 136 valence electrons. The molecule has 0 saturated carbocycles. The molecule has 0 aliphatic carbocycles. The lowest BCUT2D eigenvalue weighted by atomic mass is 10.1. The summed E-state index contributed by atoms with van der Waals surface area (Å²) in [7, 11) is 0. The van der Waals surface area contributed by atoms with Crippen LogP contribution in [0.1, 0.15) is 17.5 Å². The summed E-state index contributed by atoms with van der Waals surface area (Å²) in [6.07, 6.45) is 1.70. The van der Waals surface area contributed by atoms with Crippen LogP contribution in [0, 0.1) is 5.92 Å². The topological polar surface area (TPSA) is 49.4 Å². The summed E-state index contributed by atoms with van der Waals surface area (Å²) in [5.41, 5.74) is 2.17. The molecule has 1 aliphatic heterocycles. The maximum atomic E-state index is 12.2. The molecule has 3 rings (SSSR count). The molecule has 4 nitrogen and oxygen atoms in total. The van der Waals surface area contributed by atoms with Gasteiger partial charge in [0.05, 0.1) is 6.42 Å². The Labute approximate surface area is 159 Å². The number of hydrogen-bond acceptors (Lipinski definition) is 2. The van der Waals surface area contributed by atoms with Gasteiger partial charge in [-0.3, -0.25) is 9.59 Å². The van der Waals surface area contributed by atoms with Crippen LogP contribution >= 0.6 is 11.6 Å². The number of benzene rings is 2. The van der Waals surface area contributed by atoms with E-state index in [2.05, 4.69) is 17.4 Å². The largest absolute Gasteiger partial charge is 0.355 e. The fourth-order valence-corrected chi connectivity index (χ4v) is 3.35. The number of hydrogen-bond donors (Lipinski definition) is 1. The first-order valence-electron chi connectivity index (χ1n) is 8.93. The second-order valence-electron chi connectivity index (χ2n) is 6.75. The van der Waals surface area contributed by atoms with Crippen molar-refractivity contribution in [2.45, 2.75) is 19.3 Å². The molecule has 1 fully saturated rings. The second kappa shape index (κ2) is 8.86. The first-order valence-corrected chi connectivity index (χ1v) is 9.31. The molecule has 26 heavy (non-hydrogen) atoms. The average Bonchev–Trinajstić information content (AvgIpc) is 3.01. The van der Waals surface area contributed by atoms with Crippen LogP contribution in [-0.2, 0) is 22.4 Å². The van der Waals surface area contributed by atoms with Gasteiger partial charge in [0.1, 0.15) is 0 Å². The van der Waals surface area contributed by atoms with Crippen LogP contribution in [0.5, 0.6) is 0 Å². The maximum absolute atomic E-state index is 12.2. The SMILES string of the molecule is O=C(Cc1ccc(Cl)cc1)NCC1CC(=O)N(CCc2ccccc2)C1. The minimum atomic E-state index is -0.0255. The van der Waals surface area contributed by atoms with Crippen molar-refractivity contribution in [1.29, 1.82) is 0 Å². The lowest BCUT2D eigenvalue weighted by molar-refractivity contribution is -0.127. The van der Waals surface area contributed by atoms with E-state index in [0.717, 1.165) is 18.5 Å². The van der Waals surface area contributed by atoms with Crippen molar-refractivity contribution < 1.29 is 9.59 Å². The zero-order valence-electron chi connectivity index (χ0n) is 14.7. The van der Waals surface area contributed by atoms with Gasteiger partial charge in [0.25, 0.3) is 0 Å². The molecule has 2 amide bonds. The van der Waals surface area contributed by atoms with Crippen LogP contribution in [0.15, 0.2) is 54.6 Å². The summed E-state index contributed by atoms with van der Waals surface area (Å²) in [5, 5.41) is 3.61. The fourth-order valence-electron chi connectivity index (χ4n) is 3.22. The van der Waals surface area contributed by atoms with Crippen molar-refractivity contribution in [2.24, 2.45) is 5.92 Å². The molecule has 2 aromatic carbocycles. The number of halogens is 1. The standard InChI is InChI=1S/C21H23ClN2O2/c22-19-8-6-17(7-9-19)12-20(25)23-14-18-13-21(26)24(15-18)11-10-16-4-2-1-3-5-16/h1-9,18H,10-15H2,(H,23,25). The Bertz CT molecular complexity index is 746. The Morgan fingerprint density at radius 2 is 1.81 bits per heavy atom. The van der Waals surface area contributed by atoms with E-state index in [9.17, 15) is 9.59 Å². The molecule has 1 atom stereocenters. The van der Waals surface area contributed by atoms with Gasteiger partial charge in [-0.25, -0.2) is 0 Å². The third-order valence-corrected chi connectivity index (χ3v) is 4.93. The van der Waals surface area contributed by atoms with Crippen LogP contribution in [0.25, 0.3) is 0 Å². The highest BCUT2D eigenvalue weighted by molar-refractivity contribution is 6.30. The van der Waals surface area contributed by atoms with Crippen molar-refractivity contribution in [3.8, 4) is 0 Å². The molecule has 5 heteroatoms. The van der Waals surface area contributed by atoms with Crippen molar-refractivity contribution in [1.82, 2.24) is 10.2 Å². The molecule has 1 heterocycles. The molecular weight excluding hydrogens is 348 g/mol. The molecule has 2 aromatic rings. The zero-order valence-corrected chi connectivity index (χ0v) is 15.4. The van der Waals surface area contributed by atoms with E-state index in [0.29, 0.717) is 31.0 Å². The Hall–Kier alpha value is -2.33. The normalized spacial score (nSPS) is 16.7. The summed E-state index contributed by atoms with van der Waals surface area (Å²) in [5.74, 6) is 0.341. The molecular formula is C21H23ClN2O2. The Kier molecular flexibility index (Phi) is 6.29. The van der Waals surface area contributed by atoms with Gasteiger partial charge >= 0.3 is 0 Å². The van der Waals surface area contributed by atoms with E-state index >= 15 is 0 Å². The lowest BCUT2D eigenvalue weighted by Gasteiger charge is -2.17. The predicted octanol–water partition coefficient (Wildman–Crippen LogP) is 3.09. The molecule has 0 bridgehead atoms. The molecule has 0 radical (unpaired) electrons. The van der Waals surface area contributed by atoms with Gasteiger partial charge < -0.3 is 10.2 Å². The van der Waals surface area contributed by atoms with Gasteiger partial charge in [-0.2, -0.15) is 0 Å². The van der Waals surface area contributed by atoms with Crippen molar-refractivity contribution >= 4 is 23.4 Å². The van der Waals surface area contributed by atoms with Gasteiger partial charge in [0.2, 0.25) is 11.8 Å². The van der Waals surface area contributed by atoms with Crippen LogP contribution in [0.3, 0.4) is 0 Å². The smallest absolute Gasteiger partial charge is 0.224 e. The summed E-state index contributed by atoms with van der Waals surface area (Å²) in [6, 6.07) is 17.4. The first-order chi connectivity index (χ1) is 12.6. The molecule has 1 N–H and O–H groups in total. The summed E-state index contributed by atoms with van der Waals surface area (Å²) in [6.45, 7) is 1.99. The molecule has 1 unspecified atom stereocenters.